The van der Waals surface area contributed by atoms with Gasteiger partial charge in [0.2, 0.25) is 11.9 Å². The molecule has 0 amide bonds. The number of hydrogen-bond acceptors (Lipinski definition) is 11. The summed E-state index contributed by atoms with van der Waals surface area (Å²) < 4.78 is 6.72. The summed E-state index contributed by atoms with van der Waals surface area (Å²) in [6, 6.07) is 129. The van der Waals surface area contributed by atoms with Crippen molar-refractivity contribution in [1.29, 1.82) is 0 Å². The van der Waals surface area contributed by atoms with Crippen LogP contribution in [0, 0.1) is 0 Å². The second-order valence-corrected chi connectivity index (χ2v) is 31.8. The molecule has 0 fully saturated rings. The molecule has 14 heteroatoms. The maximum Gasteiger partial charge on any atom is 0.238 e. The SMILES string of the molecule is c1ccc(-c2nc(-c3ccccc3)nc(-n3c4ccc5cccc6c5c4c4c(cc5cccnc5c43)-c3ccccc3-6)n2)cc1.c1ccc(-c2nc(-c3ccccc3)nc(-n3c4cccc5c4c4c6c(cccc6ccc43)-c3cccnc3-5)n2)cc1.c1ccc(-c2nc3ccccc3nc2-n2c3cccc4c3c3c5c(cccc5ccc32)-c2cccnc2-4)cc1. The van der Waals surface area contributed by atoms with Crippen molar-refractivity contribution >= 4 is 120 Å². The van der Waals surface area contributed by atoms with Crippen molar-refractivity contribution in [3.8, 4) is 142 Å². The molecule has 3 aliphatic carbocycles. The average Bonchev–Trinajstić information content (AvgIpc) is 1.54. The molecule has 0 atom stereocenters. The van der Waals surface area contributed by atoms with Crippen molar-refractivity contribution in [2.24, 2.45) is 0 Å². The summed E-state index contributed by atoms with van der Waals surface area (Å²) >= 11 is 0. The van der Waals surface area contributed by atoms with Gasteiger partial charge >= 0.3 is 0 Å². The van der Waals surface area contributed by atoms with E-state index in [0.29, 0.717) is 35.2 Å². The van der Waals surface area contributed by atoms with E-state index in [-0.39, 0.29) is 0 Å². The summed E-state index contributed by atoms with van der Waals surface area (Å²) in [6.45, 7) is 0. The summed E-state index contributed by atoms with van der Waals surface area (Å²) in [5.74, 6) is 4.52. The summed E-state index contributed by atoms with van der Waals surface area (Å²) in [7, 11) is 0. The highest BCUT2D eigenvalue weighted by Gasteiger charge is 2.33. The molecule has 3 aliphatic rings. The van der Waals surface area contributed by atoms with Gasteiger partial charge in [-0.1, -0.05) is 303 Å². The number of pyridine rings is 3. The highest BCUT2D eigenvalue weighted by Crippen LogP contribution is 2.55. The van der Waals surface area contributed by atoms with Crippen LogP contribution in [0.1, 0.15) is 0 Å². The predicted octanol–water partition coefficient (Wildman–Crippen LogP) is 26.7. The summed E-state index contributed by atoms with van der Waals surface area (Å²) in [5, 5.41) is 15.6. The van der Waals surface area contributed by atoms with Gasteiger partial charge in [-0.05, 0) is 132 Å². The van der Waals surface area contributed by atoms with Crippen LogP contribution in [-0.2, 0) is 0 Å². The smallest absolute Gasteiger partial charge is 0.238 e. The molecular weight excluding hydrogens is 1530 g/mol. The van der Waals surface area contributed by atoms with Gasteiger partial charge in [-0.2, -0.15) is 19.9 Å². The van der Waals surface area contributed by atoms with Crippen molar-refractivity contribution < 1.29 is 0 Å². The second-order valence-electron chi connectivity index (χ2n) is 31.8. The first-order valence-electron chi connectivity index (χ1n) is 41.9. The lowest BCUT2D eigenvalue weighted by Gasteiger charge is -2.15. The monoisotopic (exact) mass is 1590 g/mol. The Kier molecular flexibility index (Phi) is 15.4. The van der Waals surface area contributed by atoms with Gasteiger partial charge < -0.3 is 0 Å². The molecule has 125 heavy (non-hydrogen) atoms. The third-order valence-electron chi connectivity index (χ3n) is 25.0. The maximum absolute atomic E-state index is 5.27. The van der Waals surface area contributed by atoms with Crippen LogP contribution < -0.4 is 0 Å². The first kappa shape index (κ1) is 69.7. The van der Waals surface area contributed by atoms with Crippen molar-refractivity contribution in [2.75, 3.05) is 0 Å². The van der Waals surface area contributed by atoms with E-state index in [9.17, 15) is 0 Å². The lowest BCUT2D eigenvalue weighted by molar-refractivity contribution is 0.953. The first-order chi connectivity index (χ1) is 62.0. The molecule has 0 radical (unpaired) electrons. The number of hydrogen-bond donors (Lipinski definition) is 0. The van der Waals surface area contributed by atoms with E-state index in [1.165, 1.54) is 104 Å². The van der Waals surface area contributed by atoms with Crippen LogP contribution in [0.5, 0.6) is 0 Å². The molecule has 0 saturated heterocycles. The highest BCUT2D eigenvalue weighted by atomic mass is 15.2. The Morgan fingerprint density at radius 1 is 0.184 bits per heavy atom. The minimum absolute atomic E-state index is 0.567. The van der Waals surface area contributed by atoms with Gasteiger partial charge in [0.1, 0.15) is 5.69 Å². The number of benzene rings is 16. The van der Waals surface area contributed by atoms with Crippen LogP contribution >= 0.6 is 0 Å². The minimum atomic E-state index is 0.567. The molecule has 0 unspecified atom stereocenters. The number of fused-ring (bicyclic) bond motifs is 12. The number of aromatic nitrogens is 14. The first-order valence-corrected chi connectivity index (χ1v) is 41.9. The Labute approximate surface area is 713 Å². The standard InChI is InChI=1S/C40H23N5.C36H21N5.C35H20N4/c1-3-11-25(12-4-1)38-42-39(26-13-5-2-6-14-26)44-40(43-38)45-32-21-20-24-15-9-19-30-28-17-7-8-18-29(28)31-23-27-16-10-22-41-36(27)37(45)34(31)35(32)33(24)30;1-3-10-23(11-4-1)34-38-35(24-12-5-2-6-13-24)40-36(39-34)41-28-18-8-16-27-31(28)32-29(41)20-19-22-14-7-15-25(30(22)32)26-17-9-21-37-33(26)27;1-2-9-22(10-3-1)33-35(38-27-16-5-4-15-26(27)37-33)39-28-17-7-13-25-31(28)32-29(39)19-18-21-11-6-12-23(30(21)32)24-14-8-20-36-34(24)25/h1-23H;1-21H;1-20H. The van der Waals surface area contributed by atoms with E-state index < -0.39 is 0 Å². The van der Waals surface area contributed by atoms with Gasteiger partial charge in [-0.25, -0.2) is 19.9 Å². The molecule has 25 aromatic rings. The molecule has 0 spiro atoms. The Morgan fingerprint density at radius 2 is 0.536 bits per heavy atom. The Hall–Kier alpha value is -17.2. The Morgan fingerprint density at radius 3 is 1.04 bits per heavy atom. The van der Waals surface area contributed by atoms with Crippen LogP contribution in [0.2, 0.25) is 0 Å². The third kappa shape index (κ3) is 10.7. The van der Waals surface area contributed by atoms with E-state index in [1.807, 2.05) is 188 Å². The third-order valence-corrected chi connectivity index (χ3v) is 25.0. The van der Waals surface area contributed by atoms with E-state index in [4.69, 9.17) is 54.8 Å². The van der Waals surface area contributed by atoms with Gasteiger partial charge in [0.25, 0.3) is 0 Å². The van der Waals surface area contributed by atoms with Gasteiger partial charge in [0.05, 0.1) is 61.0 Å². The van der Waals surface area contributed by atoms with Crippen molar-refractivity contribution in [3.63, 3.8) is 0 Å². The lowest BCUT2D eigenvalue weighted by atomic mass is 9.93. The number of para-hydroxylation sites is 2. The molecule has 0 aliphatic heterocycles. The zero-order chi connectivity index (χ0) is 81.9. The fourth-order valence-corrected chi connectivity index (χ4v) is 19.7. The quantitative estimate of drug-likeness (QED) is 0.143. The average molecular weight is 1590 g/mol. The molecule has 578 valence electrons. The van der Waals surface area contributed by atoms with E-state index in [1.54, 1.807) is 0 Å². The Bertz CT molecular complexity index is 8740. The molecule has 16 aromatic carbocycles. The minimum Gasteiger partial charge on any atom is -0.292 e. The van der Waals surface area contributed by atoms with Crippen LogP contribution in [0.4, 0.5) is 0 Å². The van der Waals surface area contributed by atoms with Crippen LogP contribution in [-0.4, -0.2) is 68.5 Å². The van der Waals surface area contributed by atoms with Crippen molar-refractivity contribution in [1.82, 2.24) is 68.5 Å². The van der Waals surface area contributed by atoms with Gasteiger partial charge in [0.15, 0.2) is 29.1 Å². The molecule has 0 bridgehead atoms. The fourth-order valence-electron chi connectivity index (χ4n) is 19.7. The van der Waals surface area contributed by atoms with E-state index in [0.717, 1.165) is 122 Å². The van der Waals surface area contributed by atoms with E-state index >= 15 is 0 Å². The molecular formula is C111H64N14. The molecule has 28 rings (SSSR count). The van der Waals surface area contributed by atoms with Crippen LogP contribution in [0.15, 0.2) is 389 Å². The predicted molar refractivity (Wildman–Crippen MR) is 506 cm³/mol. The zero-order valence-electron chi connectivity index (χ0n) is 66.7. The number of rotatable bonds is 8. The summed E-state index contributed by atoms with van der Waals surface area (Å²) in [5.41, 5.74) is 28.6. The molecule has 0 saturated carbocycles. The molecule has 9 heterocycles. The topological polar surface area (TPSA) is 157 Å². The normalized spacial score (nSPS) is 12.0. The molecule has 9 aromatic heterocycles. The second kappa shape index (κ2) is 27.7. The van der Waals surface area contributed by atoms with Crippen LogP contribution in [0.25, 0.3) is 261 Å². The lowest BCUT2D eigenvalue weighted by Crippen LogP contribution is -2.07. The van der Waals surface area contributed by atoms with Crippen LogP contribution in [0.3, 0.4) is 0 Å². The molecule has 14 nitrogen and oxygen atoms in total. The largest absolute Gasteiger partial charge is 0.292 e. The van der Waals surface area contributed by atoms with Crippen molar-refractivity contribution in [2.45, 2.75) is 0 Å². The zero-order valence-corrected chi connectivity index (χ0v) is 66.7. The summed E-state index contributed by atoms with van der Waals surface area (Å²) in [4.78, 5) is 55.7. The highest BCUT2D eigenvalue weighted by molar-refractivity contribution is 6.35. The van der Waals surface area contributed by atoms with Gasteiger partial charge in [-0.3, -0.25) is 28.7 Å². The maximum atomic E-state index is 5.27. The van der Waals surface area contributed by atoms with Gasteiger partial charge in [-0.15, -0.1) is 0 Å². The Balaban J connectivity index is 0.000000100. The summed E-state index contributed by atoms with van der Waals surface area (Å²) in [6.07, 6.45) is 5.65. The van der Waals surface area contributed by atoms with Crippen molar-refractivity contribution in [3.05, 3.63) is 389 Å². The molecule has 0 N–H and O–H groups in total. The fraction of sp³-hybridized carbons (Fsp3) is 0. The van der Waals surface area contributed by atoms with Gasteiger partial charge in [0, 0.05) is 106 Å². The number of nitrogens with zero attached hydrogens (tertiary/aromatic N) is 14. The van der Waals surface area contributed by atoms with E-state index in [2.05, 4.69) is 214 Å².